The molecule has 0 aliphatic rings. The molecule has 0 saturated carbocycles. The van der Waals surface area contributed by atoms with Crippen LogP contribution in [0, 0.1) is 0 Å². The summed E-state index contributed by atoms with van der Waals surface area (Å²) in [6, 6.07) is 16.9. The van der Waals surface area contributed by atoms with Crippen LogP contribution in [0.2, 0.25) is 0 Å². The van der Waals surface area contributed by atoms with Crippen molar-refractivity contribution >= 4 is 29.5 Å². The molecule has 2 rings (SSSR count). The van der Waals surface area contributed by atoms with Gasteiger partial charge in [-0.2, -0.15) is 0 Å². The molecule has 0 spiro atoms. The van der Waals surface area contributed by atoms with Crippen molar-refractivity contribution in [3.63, 3.8) is 0 Å². The molecule has 0 aliphatic heterocycles. The van der Waals surface area contributed by atoms with Gasteiger partial charge < -0.3 is 0 Å². The topological polar surface area (TPSA) is 17.1 Å². The van der Waals surface area contributed by atoms with Crippen LogP contribution in [-0.2, 0) is 0 Å². The molecule has 80 valence electrons. The Bertz CT molecular complexity index is 494. The van der Waals surface area contributed by atoms with Gasteiger partial charge in [-0.05, 0) is 36.0 Å². The Morgan fingerprint density at radius 3 is 2.25 bits per heavy atom. The van der Waals surface area contributed by atoms with E-state index in [9.17, 15) is 4.79 Å². The second-order valence-corrected chi connectivity index (χ2v) is 4.75. The van der Waals surface area contributed by atoms with Gasteiger partial charge in [0.05, 0.1) is 0 Å². The van der Waals surface area contributed by atoms with E-state index >= 15 is 0 Å². The van der Waals surface area contributed by atoms with E-state index in [1.54, 1.807) is 6.07 Å². The lowest BCUT2D eigenvalue weighted by Crippen LogP contribution is -1.94. The van der Waals surface area contributed by atoms with Crippen LogP contribution in [0.5, 0.6) is 0 Å². The highest BCUT2D eigenvalue weighted by atomic mass is 32.2. The maximum Gasteiger partial charge on any atom is 0.225 e. The second-order valence-electron chi connectivity index (χ2n) is 3.22. The SMILES string of the molecule is O=C(Sc1ccccc1)c1ccccc1S. The summed E-state index contributed by atoms with van der Waals surface area (Å²) in [5.74, 6) is 0. The molecule has 0 radical (unpaired) electrons. The first-order chi connectivity index (χ1) is 7.77. The van der Waals surface area contributed by atoms with Gasteiger partial charge in [-0.25, -0.2) is 0 Å². The molecule has 0 heterocycles. The van der Waals surface area contributed by atoms with Crippen molar-refractivity contribution < 1.29 is 4.79 Å². The monoisotopic (exact) mass is 246 g/mol. The number of hydrogen-bond acceptors (Lipinski definition) is 3. The highest BCUT2D eigenvalue weighted by molar-refractivity contribution is 8.14. The molecular weight excluding hydrogens is 236 g/mol. The van der Waals surface area contributed by atoms with Crippen molar-refractivity contribution in [2.75, 3.05) is 0 Å². The van der Waals surface area contributed by atoms with E-state index in [1.807, 2.05) is 48.5 Å². The minimum absolute atomic E-state index is 0.0248. The lowest BCUT2D eigenvalue weighted by atomic mass is 10.2. The molecule has 16 heavy (non-hydrogen) atoms. The molecule has 0 aromatic heterocycles. The smallest absolute Gasteiger partial charge is 0.225 e. The third kappa shape index (κ3) is 2.68. The summed E-state index contributed by atoms with van der Waals surface area (Å²) < 4.78 is 0. The first-order valence-corrected chi connectivity index (χ1v) is 6.09. The fourth-order valence-corrected chi connectivity index (χ4v) is 2.43. The quantitative estimate of drug-likeness (QED) is 0.639. The minimum Gasteiger partial charge on any atom is -0.281 e. The van der Waals surface area contributed by atoms with Crippen LogP contribution >= 0.6 is 24.4 Å². The zero-order chi connectivity index (χ0) is 11.4. The number of benzene rings is 2. The number of hydrogen-bond donors (Lipinski definition) is 1. The summed E-state index contributed by atoms with van der Waals surface area (Å²) in [7, 11) is 0. The molecule has 0 atom stereocenters. The molecule has 0 fully saturated rings. The van der Waals surface area contributed by atoms with Gasteiger partial charge in [-0.15, -0.1) is 12.6 Å². The van der Waals surface area contributed by atoms with Crippen LogP contribution in [0.4, 0.5) is 0 Å². The van der Waals surface area contributed by atoms with E-state index in [4.69, 9.17) is 0 Å². The van der Waals surface area contributed by atoms with Gasteiger partial charge in [0.1, 0.15) is 0 Å². The lowest BCUT2D eigenvalue weighted by molar-refractivity contribution is 0.108. The molecule has 3 heteroatoms. The van der Waals surface area contributed by atoms with Gasteiger partial charge in [0.25, 0.3) is 0 Å². The summed E-state index contributed by atoms with van der Waals surface area (Å²) in [6.45, 7) is 0. The second kappa shape index (κ2) is 5.23. The third-order valence-electron chi connectivity index (χ3n) is 2.08. The van der Waals surface area contributed by atoms with Gasteiger partial charge in [-0.1, -0.05) is 30.3 Å². The molecular formula is C13H10OS2. The molecule has 1 nitrogen and oxygen atoms in total. The average Bonchev–Trinajstić information content (AvgIpc) is 2.31. The Morgan fingerprint density at radius 1 is 0.938 bits per heavy atom. The van der Waals surface area contributed by atoms with Crippen molar-refractivity contribution in [3.8, 4) is 0 Å². The average molecular weight is 246 g/mol. The van der Waals surface area contributed by atoms with Gasteiger partial charge in [0.2, 0.25) is 5.12 Å². The lowest BCUT2D eigenvalue weighted by Gasteiger charge is -2.03. The Hall–Kier alpha value is -1.19. The van der Waals surface area contributed by atoms with E-state index in [0.717, 1.165) is 9.79 Å². The van der Waals surface area contributed by atoms with Gasteiger partial charge in [0.15, 0.2) is 0 Å². The van der Waals surface area contributed by atoms with E-state index in [2.05, 4.69) is 12.6 Å². The standard InChI is InChI=1S/C13H10OS2/c14-13(11-8-4-5-9-12(11)15)16-10-6-2-1-3-7-10/h1-9,15H. The van der Waals surface area contributed by atoms with E-state index in [0.29, 0.717) is 5.56 Å². The largest absolute Gasteiger partial charge is 0.281 e. The van der Waals surface area contributed by atoms with Crippen molar-refractivity contribution in [2.45, 2.75) is 9.79 Å². The molecule has 2 aromatic rings. The molecule has 0 N–H and O–H groups in total. The molecule has 0 unspecified atom stereocenters. The van der Waals surface area contributed by atoms with Crippen molar-refractivity contribution in [1.82, 2.24) is 0 Å². The molecule has 0 aliphatic carbocycles. The molecule has 2 aromatic carbocycles. The van der Waals surface area contributed by atoms with Crippen LogP contribution < -0.4 is 0 Å². The number of carbonyl (C=O) groups excluding carboxylic acids is 1. The highest BCUT2D eigenvalue weighted by Gasteiger charge is 2.10. The first kappa shape index (κ1) is 11.3. The fraction of sp³-hybridized carbons (Fsp3) is 0. The van der Waals surface area contributed by atoms with Crippen LogP contribution in [0.25, 0.3) is 0 Å². The number of thiol groups is 1. The van der Waals surface area contributed by atoms with E-state index < -0.39 is 0 Å². The van der Waals surface area contributed by atoms with Crippen molar-refractivity contribution in [3.05, 3.63) is 60.2 Å². The highest BCUT2D eigenvalue weighted by Crippen LogP contribution is 2.25. The van der Waals surface area contributed by atoms with Gasteiger partial charge >= 0.3 is 0 Å². The van der Waals surface area contributed by atoms with Crippen molar-refractivity contribution in [2.24, 2.45) is 0 Å². The van der Waals surface area contributed by atoms with Crippen LogP contribution in [0.3, 0.4) is 0 Å². The number of rotatable bonds is 2. The third-order valence-corrected chi connectivity index (χ3v) is 3.38. The summed E-state index contributed by atoms with van der Waals surface area (Å²) in [4.78, 5) is 13.6. The van der Waals surface area contributed by atoms with Gasteiger partial charge in [0, 0.05) is 15.4 Å². The number of thioether (sulfide) groups is 1. The van der Waals surface area contributed by atoms with Crippen LogP contribution in [0.1, 0.15) is 10.4 Å². The molecule has 0 amide bonds. The Balaban J connectivity index is 2.19. The van der Waals surface area contributed by atoms with Crippen LogP contribution in [0.15, 0.2) is 64.4 Å². The Kier molecular flexibility index (Phi) is 3.70. The summed E-state index contributed by atoms with van der Waals surface area (Å²) in [5.41, 5.74) is 0.652. The molecule has 0 saturated heterocycles. The first-order valence-electron chi connectivity index (χ1n) is 4.82. The maximum atomic E-state index is 11.9. The van der Waals surface area contributed by atoms with Gasteiger partial charge in [-0.3, -0.25) is 4.79 Å². The fourth-order valence-electron chi connectivity index (χ4n) is 1.30. The summed E-state index contributed by atoms with van der Waals surface area (Å²) >= 11 is 5.49. The minimum atomic E-state index is 0.0248. The normalized spacial score (nSPS) is 10.1. The maximum absolute atomic E-state index is 11.9. The predicted octanol–water partition coefficient (Wildman–Crippen LogP) is 3.91. The Labute approximate surface area is 104 Å². The summed E-state index contributed by atoms with van der Waals surface area (Å²) in [6.07, 6.45) is 0. The Morgan fingerprint density at radius 2 is 1.56 bits per heavy atom. The van der Waals surface area contributed by atoms with E-state index in [1.165, 1.54) is 11.8 Å². The van der Waals surface area contributed by atoms with Crippen LogP contribution in [-0.4, -0.2) is 5.12 Å². The van der Waals surface area contributed by atoms with E-state index in [-0.39, 0.29) is 5.12 Å². The molecule has 0 bridgehead atoms. The predicted molar refractivity (Wildman–Crippen MR) is 70.3 cm³/mol. The summed E-state index contributed by atoms with van der Waals surface area (Å²) in [5, 5.41) is 0.0248. The zero-order valence-electron chi connectivity index (χ0n) is 8.46. The zero-order valence-corrected chi connectivity index (χ0v) is 10.2. The van der Waals surface area contributed by atoms with Crippen molar-refractivity contribution in [1.29, 1.82) is 0 Å². The number of carbonyl (C=O) groups is 1.